The summed E-state index contributed by atoms with van der Waals surface area (Å²) in [6.45, 7) is 5.84. The molecule has 1 aromatic rings. The van der Waals surface area contributed by atoms with Crippen molar-refractivity contribution in [1.82, 2.24) is 9.21 Å². The van der Waals surface area contributed by atoms with Gasteiger partial charge in [-0.05, 0) is 42.5 Å². The van der Waals surface area contributed by atoms with E-state index >= 15 is 0 Å². The monoisotopic (exact) mass is 428 g/mol. The summed E-state index contributed by atoms with van der Waals surface area (Å²) in [6.07, 6.45) is 2.26. The van der Waals surface area contributed by atoms with Crippen LogP contribution in [0.15, 0.2) is 21.7 Å². The van der Waals surface area contributed by atoms with Gasteiger partial charge in [0.2, 0.25) is 0 Å². The van der Waals surface area contributed by atoms with Crippen LogP contribution in [0.1, 0.15) is 33.1 Å². The van der Waals surface area contributed by atoms with Crippen molar-refractivity contribution in [2.45, 2.75) is 37.3 Å². The van der Waals surface area contributed by atoms with E-state index in [9.17, 15) is 18.0 Å². The van der Waals surface area contributed by atoms with E-state index in [4.69, 9.17) is 4.74 Å². The molecule has 2 aliphatic rings. The first-order valence-corrected chi connectivity index (χ1v) is 12.1. The molecular formula is C19H28N2O5S2. The highest BCUT2D eigenvalue weighted by Crippen LogP contribution is 2.27. The summed E-state index contributed by atoms with van der Waals surface area (Å²) in [6, 6.07) is 3.27. The Morgan fingerprint density at radius 3 is 2.57 bits per heavy atom. The molecule has 9 heteroatoms. The average molecular weight is 429 g/mol. The normalized spacial score (nSPS) is 26.8. The lowest BCUT2D eigenvalue weighted by Crippen LogP contribution is -2.45. The number of rotatable bonds is 5. The predicted octanol–water partition coefficient (Wildman–Crippen LogP) is 2.20. The van der Waals surface area contributed by atoms with E-state index in [0.717, 1.165) is 6.42 Å². The number of sulfonamides is 1. The lowest BCUT2D eigenvalue weighted by Gasteiger charge is -2.35. The zero-order valence-electron chi connectivity index (χ0n) is 16.4. The summed E-state index contributed by atoms with van der Waals surface area (Å²) < 4.78 is 32.3. The van der Waals surface area contributed by atoms with Crippen molar-refractivity contribution < 1.29 is 22.7 Å². The molecule has 0 aliphatic carbocycles. The lowest BCUT2D eigenvalue weighted by molar-refractivity contribution is -0.157. The van der Waals surface area contributed by atoms with Crippen molar-refractivity contribution in [2.75, 3.05) is 32.8 Å². The number of amides is 1. The number of nitrogens with zero attached hydrogens (tertiary/aromatic N) is 2. The van der Waals surface area contributed by atoms with Crippen LogP contribution in [0.2, 0.25) is 0 Å². The summed E-state index contributed by atoms with van der Waals surface area (Å²) in [5.74, 6) is -0.311. The quantitative estimate of drug-likeness (QED) is 0.672. The number of piperidine rings is 2. The van der Waals surface area contributed by atoms with Crippen LogP contribution in [0.25, 0.3) is 0 Å². The van der Waals surface area contributed by atoms with E-state index in [1.54, 1.807) is 22.4 Å². The number of hydrogen-bond acceptors (Lipinski definition) is 6. The average Bonchev–Trinajstić information content (AvgIpc) is 3.21. The van der Waals surface area contributed by atoms with Crippen LogP contribution in [-0.2, 0) is 24.3 Å². The van der Waals surface area contributed by atoms with E-state index in [1.807, 2.05) is 0 Å². The summed E-state index contributed by atoms with van der Waals surface area (Å²) in [5.41, 5.74) is 0. The zero-order chi connectivity index (χ0) is 20.3. The van der Waals surface area contributed by atoms with Gasteiger partial charge < -0.3 is 9.64 Å². The maximum atomic E-state index is 12.7. The second-order valence-electron chi connectivity index (χ2n) is 7.99. The SMILES string of the molecule is CC1CC(C)CN(C(=O)COC(=O)C2CCCN(S(=O)(=O)c3cccs3)C2)C1. The van der Waals surface area contributed by atoms with Gasteiger partial charge in [0.1, 0.15) is 4.21 Å². The van der Waals surface area contributed by atoms with Crippen molar-refractivity contribution in [3.63, 3.8) is 0 Å². The molecule has 1 amide bonds. The summed E-state index contributed by atoms with van der Waals surface area (Å²) in [4.78, 5) is 26.6. The third kappa shape index (κ3) is 4.93. The molecule has 0 aromatic carbocycles. The molecule has 156 valence electrons. The molecule has 2 fully saturated rings. The largest absolute Gasteiger partial charge is 0.455 e. The molecule has 3 unspecified atom stereocenters. The maximum absolute atomic E-state index is 12.7. The number of carbonyl (C=O) groups excluding carboxylic acids is 2. The molecule has 28 heavy (non-hydrogen) atoms. The number of carbonyl (C=O) groups is 2. The lowest BCUT2D eigenvalue weighted by atomic mass is 9.92. The third-order valence-corrected chi connectivity index (χ3v) is 8.60. The van der Waals surface area contributed by atoms with Gasteiger partial charge in [-0.25, -0.2) is 8.42 Å². The first-order chi connectivity index (χ1) is 13.3. The van der Waals surface area contributed by atoms with Gasteiger partial charge in [-0.1, -0.05) is 19.9 Å². The molecule has 3 atom stereocenters. The van der Waals surface area contributed by atoms with Gasteiger partial charge in [0.25, 0.3) is 15.9 Å². The van der Waals surface area contributed by atoms with Crippen molar-refractivity contribution in [2.24, 2.45) is 17.8 Å². The van der Waals surface area contributed by atoms with E-state index in [0.29, 0.717) is 44.3 Å². The third-order valence-electron chi connectivity index (χ3n) is 5.37. The second-order valence-corrected chi connectivity index (χ2v) is 11.1. The maximum Gasteiger partial charge on any atom is 0.310 e. The van der Waals surface area contributed by atoms with Crippen LogP contribution in [0.3, 0.4) is 0 Å². The van der Waals surface area contributed by atoms with Gasteiger partial charge in [0.15, 0.2) is 6.61 Å². The fraction of sp³-hybridized carbons (Fsp3) is 0.684. The smallest absolute Gasteiger partial charge is 0.310 e. The minimum atomic E-state index is -3.58. The minimum absolute atomic E-state index is 0.102. The Kier molecular flexibility index (Phi) is 6.77. The molecule has 3 rings (SSSR count). The molecule has 0 N–H and O–H groups in total. The number of hydrogen-bond donors (Lipinski definition) is 0. The van der Waals surface area contributed by atoms with Crippen molar-refractivity contribution in [3.05, 3.63) is 17.5 Å². The molecular weight excluding hydrogens is 400 g/mol. The van der Waals surface area contributed by atoms with Crippen LogP contribution in [-0.4, -0.2) is 62.3 Å². The minimum Gasteiger partial charge on any atom is -0.455 e. The van der Waals surface area contributed by atoms with Crippen LogP contribution >= 0.6 is 11.3 Å². The highest BCUT2D eigenvalue weighted by Gasteiger charge is 2.35. The Morgan fingerprint density at radius 1 is 1.21 bits per heavy atom. The van der Waals surface area contributed by atoms with Gasteiger partial charge in [-0.2, -0.15) is 4.31 Å². The van der Waals surface area contributed by atoms with Gasteiger partial charge in [-0.3, -0.25) is 9.59 Å². The highest BCUT2D eigenvalue weighted by atomic mass is 32.2. The number of ether oxygens (including phenoxy) is 1. The second kappa shape index (κ2) is 8.92. The molecule has 2 saturated heterocycles. The number of likely N-dealkylation sites (tertiary alicyclic amines) is 1. The van der Waals surface area contributed by atoms with Crippen LogP contribution < -0.4 is 0 Å². The number of thiophene rings is 1. The molecule has 2 aliphatic heterocycles. The van der Waals surface area contributed by atoms with Gasteiger partial charge in [-0.15, -0.1) is 11.3 Å². The Morgan fingerprint density at radius 2 is 1.93 bits per heavy atom. The van der Waals surface area contributed by atoms with Gasteiger partial charge in [0, 0.05) is 26.2 Å². The molecule has 0 radical (unpaired) electrons. The number of esters is 1. The Hall–Kier alpha value is -1.45. The van der Waals surface area contributed by atoms with E-state index in [2.05, 4.69) is 13.8 Å². The first-order valence-electron chi connectivity index (χ1n) is 9.75. The molecule has 0 bridgehead atoms. The molecule has 3 heterocycles. The summed E-state index contributed by atoms with van der Waals surface area (Å²) >= 11 is 1.17. The Bertz CT molecular complexity index is 783. The Labute approximate surface area is 170 Å². The van der Waals surface area contributed by atoms with Gasteiger partial charge >= 0.3 is 5.97 Å². The summed E-state index contributed by atoms with van der Waals surface area (Å²) in [7, 11) is -3.58. The molecule has 0 saturated carbocycles. The molecule has 7 nitrogen and oxygen atoms in total. The first kappa shape index (κ1) is 21.3. The van der Waals surface area contributed by atoms with Crippen molar-refractivity contribution in [3.8, 4) is 0 Å². The van der Waals surface area contributed by atoms with Crippen LogP contribution in [0.5, 0.6) is 0 Å². The van der Waals surface area contributed by atoms with E-state index in [1.165, 1.54) is 15.6 Å². The standard InChI is InChI=1S/C19H28N2O5S2/c1-14-9-15(2)11-20(10-14)17(22)13-26-19(23)16-5-3-7-21(12-16)28(24,25)18-6-4-8-27-18/h4,6,8,14-16H,3,5,7,9-13H2,1-2H3. The van der Waals surface area contributed by atoms with Crippen LogP contribution in [0.4, 0.5) is 0 Å². The predicted molar refractivity (Wildman–Crippen MR) is 106 cm³/mol. The van der Waals surface area contributed by atoms with Crippen molar-refractivity contribution in [1.29, 1.82) is 0 Å². The highest BCUT2D eigenvalue weighted by molar-refractivity contribution is 7.91. The van der Waals surface area contributed by atoms with E-state index in [-0.39, 0.29) is 23.3 Å². The van der Waals surface area contributed by atoms with E-state index < -0.39 is 21.9 Å². The van der Waals surface area contributed by atoms with Crippen molar-refractivity contribution >= 4 is 33.2 Å². The summed E-state index contributed by atoms with van der Waals surface area (Å²) in [5, 5.41) is 1.72. The fourth-order valence-corrected chi connectivity index (χ4v) is 6.77. The Balaban J connectivity index is 1.54. The van der Waals surface area contributed by atoms with Gasteiger partial charge in [0.05, 0.1) is 5.92 Å². The topological polar surface area (TPSA) is 84.0 Å². The molecule has 1 aromatic heterocycles. The molecule has 0 spiro atoms. The fourth-order valence-electron chi connectivity index (χ4n) is 4.10. The van der Waals surface area contributed by atoms with Crippen LogP contribution in [0, 0.1) is 17.8 Å². The zero-order valence-corrected chi connectivity index (χ0v) is 18.0.